The molecule has 0 aromatic rings. The van der Waals surface area contributed by atoms with Crippen molar-refractivity contribution < 1.29 is 5.11 Å². The van der Waals surface area contributed by atoms with Crippen molar-refractivity contribution in [2.24, 2.45) is 10.9 Å². The molecule has 2 heterocycles. The molecule has 5 heteroatoms. The van der Waals surface area contributed by atoms with Gasteiger partial charge in [0.05, 0.1) is 6.10 Å². The van der Waals surface area contributed by atoms with E-state index in [9.17, 15) is 5.11 Å². The standard InChI is InChI=1S/C16H32N4O/c1-4-17-16(20-9-7-15(21)12-20)18-10-14-6-5-8-19(11-14)13(2)3/h13-15,21H,4-12H2,1-3H3,(H,17,18)/t14?,15-/m1/s1. The molecule has 0 amide bonds. The minimum Gasteiger partial charge on any atom is -0.391 e. The highest BCUT2D eigenvalue weighted by molar-refractivity contribution is 5.80. The maximum Gasteiger partial charge on any atom is 0.194 e. The zero-order chi connectivity index (χ0) is 15.2. The topological polar surface area (TPSA) is 51.1 Å². The summed E-state index contributed by atoms with van der Waals surface area (Å²) in [4.78, 5) is 9.60. The summed E-state index contributed by atoms with van der Waals surface area (Å²) in [7, 11) is 0. The first-order chi connectivity index (χ1) is 10.1. The number of guanidine groups is 1. The maximum atomic E-state index is 9.70. The van der Waals surface area contributed by atoms with Crippen LogP contribution >= 0.6 is 0 Å². The van der Waals surface area contributed by atoms with Crippen LogP contribution in [0.4, 0.5) is 0 Å². The van der Waals surface area contributed by atoms with Gasteiger partial charge < -0.3 is 20.2 Å². The van der Waals surface area contributed by atoms with Crippen molar-refractivity contribution in [3.63, 3.8) is 0 Å². The number of aliphatic hydroxyl groups is 1. The van der Waals surface area contributed by atoms with E-state index in [1.54, 1.807) is 0 Å². The van der Waals surface area contributed by atoms with Crippen LogP contribution in [0.15, 0.2) is 4.99 Å². The third-order valence-corrected chi connectivity index (χ3v) is 4.58. The molecule has 1 unspecified atom stereocenters. The van der Waals surface area contributed by atoms with E-state index in [-0.39, 0.29) is 6.10 Å². The zero-order valence-corrected chi connectivity index (χ0v) is 13.9. The highest BCUT2D eigenvalue weighted by Gasteiger charge is 2.24. The van der Waals surface area contributed by atoms with Crippen LogP contribution in [0.3, 0.4) is 0 Å². The first kappa shape index (κ1) is 16.6. The van der Waals surface area contributed by atoms with E-state index < -0.39 is 0 Å². The Balaban J connectivity index is 1.89. The number of hydrogen-bond donors (Lipinski definition) is 2. The molecule has 0 aromatic carbocycles. The number of piperidine rings is 1. The molecular formula is C16H32N4O. The van der Waals surface area contributed by atoms with Crippen molar-refractivity contribution in [3.8, 4) is 0 Å². The Hall–Kier alpha value is -0.810. The Bertz CT molecular complexity index is 345. The second-order valence-corrected chi connectivity index (χ2v) is 6.68. The molecule has 0 aliphatic carbocycles. The van der Waals surface area contributed by atoms with E-state index in [1.165, 1.54) is 25.9 Å². The Morgan fingerprint density at radius 3 is 2.71 bits per heavy atom. The van der Waals surface area contributed by atoms with E-state index in [4.69, 9.17) is 4.99 Å². The fourth-order valence-electron chi connectivity index (χ4n) is 3.29. The first-order valence-electron chi connectivity index (χ1n) is 8.55. The number of likely N-dealkylation sites (tertiary alicyclic amines) is 2. The Morgan fingerprint density at radius 1 is 1.29 bits per heavy atom. The number of aliphatic imine (C=N–C) groups is 1. The summed E-state index contributed by atoms with van der Waals surface area (Å²) in [5.41, 5.74) is 0. The molecule has 122 valence electrons. The van der Waals surface area contributed by atoms with Gasteiger partial charge in [-0.2, -0.15) is 0 Å². The van der Waals surface area contributed by atoms with Crippen LogP contribution in [-0.2, 0) is 0 Å². The van der Waals surface area contributed by atoms with Crippen LogP contribution in [0.5, 0.6) is 0 Å². The first-order valence-corrected chi connectivity index (χ1v) is 8.55. The fraction of sp³-hybridized carbons (Fsp3) is 0.938. The van der Waals surface area contributed by atoms with Gasteiger partial charge in [-0.3, -0.25) is 4.99 Å². The third-order valence-electron chi connectivity index (χ3n) is 4.58. The van der Waals surface area contributed by atoms with E-state index in [2.05, 4.69) is 35.9 Å². The molecule has 0 saturated carbocycles. The predicted octanol–water partition coefficient (Wildman–Crippen LogP) is 1.14. The number of hydrogen-bond acceptors (Lipinski definition) is 3. The summed E-state index contributed by atoms with van der Waals surface area (Å²) in [5.74, 6) is 1.65. The minimum absolute atomic E-state index is 0.194. The average molecular weight is 296 g/mol. The summed E-state index contributed by atoms with van der Waals surface area (Å²) >= 11 is 0. The van der Waals surface area contributed by atoms with Crippen molar-refractivity contribution >= 4 is 5.96 Å². The summed E-state index contributed by atoms with van der Waals surface area (Å²) in [6, 6.07) is 0.638. The number of nitrogens with one attached hydrogen (secondary N) is 1. The van der Waals surface area contributed by atoms with Gasteiger partial charge in [-0.05, 0) is 52.5 Å². The highest BCUT2D eigenvalue weighted by atomic mass is 16.3. The molecule has 21 heavy (non-hydrogen) atoms. The molecule has 2 rings (SSSR count). The van der Waals surface area contributed by atoms with Gasteiger partial charge in [0.2, 0.25) is 0 Å². The Kier molecular flexibility index (Phi) is 6.30. The second kappa shape index (κ2) is 7.99. The smallest absolute Gasteiger partial charge is 0.194 e. The highest BCUT2D eigenvalue weighted by Crippen LogP contribution is 2.19. The zero-order valence-electron chi connectivity index (χ0n) is 13.9. The lowest BCUT2D eigenvalue weighted by Gasteiger charge is -2.35. The van der Waals surface area contributed by atoms with Gasteiger partial charge in [-0.25, -0.2) is 0 Å². The summed E-state index contributed by atoms with van der Waals surface area (Å²) < 4.78 is 0. The lowest BCUT2D eigenvalue weighted by molar-refractivity contribution is 0.143. The molecule has 0 radical (unpaired) electrons. The third kappa shape index (κ3) is 4.85. The van der Waals surface area contributed by atoms with Gasteiger partial charge in [0, 0.05) is 38.8 Å². The van der Waals surface area contributed by atoms with Crippen LogP contribution in [0.1, 0.15) is 40.0 Å². The molecule has 2 saturated heterocycles. The van der Waals surface area contributed by atoms with Crippen LogP contribution in [-0.4, -0.2) is 72.3 Å². The number of aliphatic hydroxyl groups excluding tert-OH is 1. The van der Waals surface area contributed by atoms with Gasteiger partial charge in [0.1, 0.15) is 0 Å². The fourth-order valence-corrected chi connectivity index (χ4v) is 3.29. The molecule has 2 fully saturated rings. The van der Waals surface area contributed by atoms with E-state index in [1.807, 2.05) is 0 Å². The SMILES string of the molecule is CCNC(=NCC1CCCN(C(C)C)C1)N1CC[C@@H](O)C1. The van der Waals surface area contributed by atoms with Crippen molar-refractivity contribution in [1.82, 2.24) is 15.1 Å². The lowest BCUT2D eigenvalue weighted by Crippen LogP contribution is -2.43. The molecule has 2 atom stereocenters. The molecule has 2 aliphatic heterocycles. The average Bonchev–Trinajstić information content (AvgIpc) is 2.90. The summed E-state index contributed by atoms with van der Waals surface area (Å²) in [6.45, 7) is 12.5. The molecule has 0 bridgehead atoms. The van der Waals surface area contributed by atoms with Crippen molar-refractivity contribution in [3.05, 3.63) is 0 Å². The number of β-amino-alcohol motifs (C(OH)–C–C–N with tert-alkyl or cyclic N) is 1. The Labute approximate surface area is 129 Å². The van der Waals surface area contributed by atoms with Gasteiger partial charge in [-0.15, -0.1) is 0 Å². The van der Waals surface area contributed by atoms with Crippen molar-refractivity contribution in [2.45, 2.75) is 52.2 Å². The van der Waals surface area contributed by atoms with Gasteiger partial charge >= 0.3 is 0 Å². The molecule has 2 N–H and O–H groups in total. The normalized spacial score (nSPS) is 28.4. The van der Waals surface area contributed by atoms with E-state index in [0.717, 1.165) is 32.0 Å². The molecular weight excluding hydrogens is 264 g/mol. The van der Waals surface area contributed by atoms with Gasteiger partial charge in [0.15, 0.2) is 5.96 Å². The van der Waals surface area contributed by atoms with Crippen LogP contribution in [0.25, 0.3) is 0 Å². The number of rotatable bonds is 4. The van der Waals surface area contributed by atoms with Crippen molar-refractivity contribution in [1.29, 1.82) is 0 Å². The minimum atomic E-state index is -0.194. The van der Waals surface area contributed by atoms with Gasteiger partial charge in [-0.1, -0.05) is 0 Å². The largest absolute Gasteiger partial charge is 0.391 e. The predicted molar refractivity (Wildman–Crippen MR) is 87.6 cm³/mol. The quantitative estimate of drug-likeness (QED) is 0.603. The van der Waals surface area contributed by atoms with Crippen molar-refractivity contribution in [2.75, 3.05) is 39.3 Å². The summed E-state index contributed by atoms with van der Waals surface area (Å²) in [6.07, 6.45) is 3.24. The summed E-state index contributed by atoms with van der Waals surface area (Å²) in [5, 5.41) is 13.1. The lowest BCUT2D eigenvalue weighted by atomic mass is 9.97. The monoisotopic (exact) mass is 296 g/mol. The van der Waals surface area contributed by atoms with Crippen LogP contribution in [0.2, 0.25) is 0 Å². The van der Waals surface area contributed by atoms with Gasteiger partial charge in [0.25, 0.3) is 0 Å². The molecule has 2 aliphatic rings. The van der Waals surface area contributed by atoms with E-state index in [0.29, 0.717) is 18.5 Å². The second-order valence-electron chi connectivity index (χ2n) is 6.68. The number of nitrogens with zero attached hydrogens (tertiary/aromatic N) is 3. The molecule has 5 nitrogen and oxygen atoms in total. The molecule has 0 aromatic heterocycles. The molecule has 0 spiro atoms. The Morgan fingerprint density at radius 2 is 2.10 bits per heavy atom. The van der Waals surface area contributed by atoms with Crippen LogP contribution in [0, 0.1) is 5.92 Å². The van der Waals surface area contributed by atoms with Crippen LogP contribution < -0.4 is 5.32 Å². The maximum absolute atomic E-state index is 9.70. The van der Waals surface area contributed by atoms with E-state index >= 15 is 0 Å².